The average Bonchev–Trinajstić information content (AvgIpc) is 2.58. The van der Waals surface area contributed by atoms with Gasteiger partial charge in [0, 0.05) is 4.70 Å². The zero-order valence-electron chi connectivity index (χ0n) is 8.93. The van der Waals surface area contributed by atoms with Crippen molar-refractivity contribution in [3.8, 4) is 0 Å². The normalized spacial score (nSPS) is 12.6. The molecule has 0 aliphatic carbocycles. The van der Waals surface area contributed by atoms with E-state index in [9.17, 15) is 13.2 Å². The smallest absolute Gasteiger partial charge is 0.166 e. The van der Waals surface area contributed by atoms with E-state index in [2.05, 4.69) is 0 Å². The standard InChI is InChI=1S/C12H11F3S/c1-7(2)10-6-16-11-4-3-8(5-9(10)11)12(13,14)15/h3-7H,1-2H3. The van der Waals surface area contributed by atoms with Crippen molar-refractivity contribution >= 4 is 21.4 Å². The lowest BCUT2D eigenvalue weighted by Crippen LogP contribution is -2.04. The van der Waals surface area contributed by atoms with E-state index in [1.165, 1.54) is 17.4 Å². The Balaban J connectivity index is 2.63. The van der Waals surface area contributed by atoms with Gasteiger partial charge in [-0.3, -0.25) is 0 Å². The van der Waals surface area contributed by atoms with E-state index in [4.69, 9.17) is 0 Å². The fraction of sp³-hybridized carbons (Fsp3) is 0.333. The molecule has 0 aliphatic rings. The topological polar surface area (TPSA) is 0 Å². The molecule has 0 bridgehead atoms. The predicted molar refractivity (Wildman–Crippen MR) is 60.9 cm³/mol. The van der Waals surface area contributed by atoms with E-state index in [0.717, 1.165) is 21.7 Å². The van der Waals surface area contributed by atoms with Gasteiger partial charge in [-0.1, -0.05) is 13.8 Å². The van der Waals surface area contributed by atoms with Crippen LogP contribution in [0.5, 0.6) is 0 Å². The Kier molecular flexibility index (Phi) is 2.70. The van der Waals surface area contributed by atoms with E-state index in [1.807, 2.05) is 19.2 Å². The Bertz CT molecular complexity index is 508. The number of rotatable bonds is 1. The van der Waals surface area contributed by atoms with Crippen molar-refractivity contribution in [1.82, 2.24) is 0 Å². The molecule has 2 aromatic rings. The lowest BCUT2D eigenvalue weighted by Gasteiger charge is -2.08. The first-order chi connectivity index (χ1) is 7.39. The number of halogens is 3. The Morgan fingerprint density at radius 1 is 1.19 bits per heavy atom. The third kappa shape index (κ3) is 1.94. The molecule has 0 atom stereocenters. The van der Waals surface area contributed by atoms with Gasteiger partial charge in [0.15, 0.2) is 0 Å². The number of hydrogen-bond acceptors (Lipinski definition) is 1. The van der Waals surface area contributed by atoms with Gasteiger partial charge in [-0.05, 0) is 40.4 Å². The van der Waals surface area contributed by atoms with E-state index < -0.39 is 11.7 Å². The van der Waals surface area contributed by atoms with Crippen molar-refractivity contribution in [2.75, 3.05) is 0 Å². The summed E-state index contributed by atoms with van der Waals surface area (Å²) in [5, 5.41) is 2.67. The minimum absolute atomic E-state index is 0.247. The zero-order valence-corrected chi connectivity index (χ0v) is 9.75. The molecule has 86 valence electrons. The third-order valence-electron chi connectivity index (χ3n) is 2.55. The molecule has 0 saturated carbocycles. The SMILES string of the molecule is CC(C)c1csc2ccc(C(F)(F)F)cc12. The van der Waals surface area contributed by atoms with Crippen LogP contribution in [0.25, 0.3) is 10.1 Å². The highest BCUT2D eigenvalue weighted by Gasteiger charge is 2.30. The molecule has 0 radical (unpaired) electrons. The summed E-state index contributed by atoms with van der Waals surface area (Å²) in [6, 6.07) is 3.94. The van der Waals surface area contributed by atoms with E-state index in [1.54, 1.807) is 6.07 Å². The molecule has 0 fully saturated rings. The van der Waals surface area contributed by atoms with Crippen molar-refractivity contribution in [3.63, 3.8) is 0 Å². The molecular formula is C12H11F3S. The van der Waals surface area contributed by atoms with Crippen molar-refractivity contribution in [2.45, 2.75) is 25.9 Å². The summed E-state index contributed by atoms with van der Waals surface area (Å²) in [5.41, 5.74) is 0.423. The van der Waals surface area contributed by atoms with Crippen molar-refractivity contribution in [3.05, 3.63) is 34.7 Å². The van der Waals surface area contributed by atoms with Crippen LogP contribution in [-0.2, 0) is 6.18 Å². The monoisotopic (exact) mass is 244 g/mol. The molecule has 4 heteroatoms. The van der Waals surface area contributed by atoms with Crippen LogP contribution in [0.3, 0.4) is 0 Å². The van der Waals surface area contributed by atoms with E-state index in [-0.39, 0.29) is 5.92 Å². The van der Waals surface area contributed by atoms with Crippen LogP contribution in [0.2, 0.25) is 0 Å². The van der Waals surface area contributed by atoms with Gasteiger partial charge in [-0.15, -0.1) is 11.3 Å². The first-order valence-corrected chi connectivity index (χ1v) is 5.86. The largest absolute Gasteiger partial charge is 0.416 e. The van der Waals surface area contributed by atoms with Crippen LogP contribution in [0, 0.1) is 0 Å². The summed E-state index contributed by atoms with van der Waals surface area (Å²) in [7, 11) is 0. The lowest BCUT2D eigenvalue weighted by atomic mass is 10.0. The van der Waals surface area contributed by atoms with Crippen molar-refractivity contribution in [1.29, 1.82) is 0 Å². The summed E-state index contributed by atoms with van der Waals surface area (Å²) >= 11 is 1.49. The highest BCUT2D eigenvalue weighted by Crippen LogP contribution is 2.36. The van der Waals surface area contributed by atoms with Gasteiger partial charge in [-0.2, -0.15) is 13.2 Å². The molecule has 0 unspecified atom stereocenters. The summed E-state index contributed by atoms with van der Waals surface area (Å²) in [5.74, 6) is 0.247. The number of benzene rings is 1. The van der Waals surface area contributed by atoms with Crippen LogP contribution in [-0.4, -0.2) is 0 Å². The maximum Gasteiger partial charge on any atom is 0.416 e. The molecule has 16 heavy (non-hydrogen) atoms. The molecule has 0 spiro atoms. The van der Waals surface area contributed by atoms with Gasteiger partial charge < -0.3 is 0 Å². The van der Waals surface area contributed by atoms with E-state index >= 15 is 0 Å². The Morgan fingerprint density at radius 3 is 2.44 bits per heavy atom. The summed E-state index contributed by atoms with van der Waals surface area (Å²) in [6.07, 6.45) is -4.26. The van der Waals surface area contributed by atoms with Crippen LogP contribution in [0.4, 0.5) is 13.2 Å². The maximum atomic E-state index is 12.6. The molecule has 0 N–H and O–H groups in total. The highest BCUT2D eigenvalue weighted by atomic mass is 32.1. The van der Waals surface area contributed by atoms with Gasteiger partial charge in [0.2, 0.25) is 0 Å². The van der Waals surface area contributed by atoms with Gasteiger partial charge in [0.05, 0.1) is 5.56 Å². The fourth-order valence-corrected chi connectivity index (χ4v) is 2.78. The number of hydrogen-bond donors (Lipinski definition) is 0. The molecule has 1 aromatic carbocycles. The minimum Gasteiger partial charge on any atom is -0.166 e. The fourth-order valence-electron chi connectivity index (χ4n) is 1.67. The molecule has 0 aliphatic heterocycles. The molecule has 0 saturated heterocycles. The molecular weight excluding hydrogens is 233 g/mol. The Hall–Kier alpha value is -1.03. The molecule has 0 amide bonds. The van der Waals surface area contributed by atoms with Crippen molar-refractivity contribution in [2.24, 2.45) is 0 Å². The van der Waals surface area contributed by atoms with Crippen LogP contribution in [0.15, 0.2) is 23.6 Å². The highest BCUT2D eigenvalue weighted by molar-refractivity contribution is 7.17. The molecule has 1 aromatic heterocycles. The van der Waals surface area contributed by atoms with Crippen LogP contribution < -0.4 is 0 Å². The first kappa shape index (κ1) is 11.5. The Morgan fingerprint density at radius 2 is 1.88 bits per heavy atom. The second kappa shape index (κ2) is 3.77. The Labute approximate surface area is 95.7 Å². The molecule has 1 heterocycles. The number of fused-ring (bicyclic) bond motifs is 1. The van der Waals surface area contributed by atoms with Crippen LogP contribution in [0.1, 0.15) is 30.9 Å². The van der Waals surface area contributed by atoms with Crippen molar-refractivity contribution < 1.29 is 13.2 Å². The molecule has 0 nitrogen and oxygen atoms in total. The van der Waals surface area contributed by atoms with Gasteiger partial charge >= 0.3 is 6.18 Å². The third-order valence-corrected chi connectivity index (χ3v) is 3.53. The molecule has 2 rings (SSSR count). The van der Waals surface area contributed by atoms with Gasteiger partial charge in [0.25, 0.3) is 0 Å². The van der Waals surface area contributed by atoms with Crippen LogP contribution >= 0.6 is 11.3 Å². The lowest BCUT2D eigenvalue weighted by molar-refractivity contribution is -0.137. The first-order valence-electron chi connectivity index (χ1n) is 4.98. The summed E-state index contributed by atoms with van der Waals surface area (Å²) in [4.78, 5) is 0. The van der Waals surface area contributed by atoms with E-state index in [0.29, 0.717) is 0 Å². The number of alkyl halides is 3. The van der Waals surface area contributed by atoms with Gasteiger partial charge in [0.1, 0.15) is 0 Å². The minimum atomic E-state index is -4.26. The number of thiophene rings is 1. The average molecular weight is 244 g/mol. The second-order valence-corrected chi connectivity index (χ2v) is 4.97. The zero-order chi connectivity index (χ0) is 11.9. The summed E-state index contributed by atoms with van der Waals surface area (Å²) < 4.78 is 38.6. The predicted octanol–water partition coefficient (Wildman–Crippen LogP) is 5.04. The maximum absolute atomic E-state index is 12.6. The summed E-state index contributed by atoms with van der Waals surface area (Å²) in [6.45, 7) is 3.98. The quantitative estimate of drug-likeness (QED) is 0.659. The second-order valence-electron chi connectivity index (χ2n) is 4.05. The van der Waals surface area contributed by atoms with Gasteiger partial charge in [-0.25, -0.2) is 0 Å².